The lowest BCUT2D eigenvalue weighted by Crippen LogP contribution is -2.15. The van der Waals surface area contributed by atoms with Gasteiger partial charge in [-0.25, -0.2) is 4.98 Å². The number of benzene rings is 1. The number of aromatic nitrogens is 4. The van der Waals surface area contributed by atoms with Gasteiger partial charge in [-0.2, -0.15) is 0 Å². The van der Waals surface area contributed by atoms with Crippen molar-refractivity contribution in [2.24, 2.45) is 0 Å². The molecule has 35 heavy (non-hydrogen) atoms. The van der Waals surface area contributed by atoms with Crippen molar-refractivity contribution in [2.45, 2.75) is 38.1 Å². The van der Waals surface area contributed by atoms with Crippen LogP contribution in [-0.2, 0) is 27.3 Å². The van der Waals surface area contributed by atoms with Crippen molar-refractivity contribution >= 4 is 63.3 Å². The van der Waals surface area contributed by atoms with Crippen LogP contribution in [0.3, 0.4) is 0 Å². The molecule has 1 aromatic carbocycles. The number of hydrogen-bond acceptors (Lipinski definition) is 9. The lowest BCUT2D eigenvalue weighted by Gasteiger charge is -2.16. The van der Waals surface area contributed by atoms with Gasteiger partial charge in [0.1, 0.15) is 5.75 Å². The standard InChI is InChI=1S/C22H23Cl2N5O4S2/c1-4-8-29-20(13(3)33-17-7-6-14(23)9-16(17)24)27-28-22(29)35-12-18(30)26-21-25-15(11-34-21)10-19(31)32-5-2/h4,6-7,9,11,13H,1,5,8,10,12H2,2-3H3,(H,25,26,30). The van der Waals surface area contributed by atoms with Crippen LogP contribution < -0.4 is 10.1 Å². The van der Waals surface area contributed by atoms with Crippen molar-refractivity contribution in [1.29, 1.82) is 0 Å². The van der Waals surface area contributed by atoms with E-state index in [1.54, 1.807) is 36.6 Å². The van der Waals surface area contributed by atoms with E-state index in [0.29, 0.717) is 50.8 Å². The molecule has 0 aliphatic rings. The molecule has 3 rings (SSSR count). The number of anilines is 1. The Bertz CT molecular complexity index is 1200. The average molecular weight is 556 g/mol. The third kappa shape index (κ3) is 7.69. The number of nitrogens with zero attached hydrogens (tertiary/aromatic N) is 4. The van der Waals surface area contributed by atoms with Gasteiger partial charge in [-0.05, 0) is 32.0 Å². The maximum Gasteiger partial charge on any atom is 0.311 e. The molecule has 3 aromatic rings. The highest BCUT2D eigenvalue weighted by molar-refractivity contribution is 7.99. The van der Waals surface area contributed by atoms with Crippen LogP contribution in [0.15, 0.2) is 41.4 Å². The van der Waals surface area contributed by atoms with E-state index in [1.807, 2.05) is 11.5 Å². The lowest BCUT2D eigenvalue weighted by atomic mass is 10.3. The summed E-state index contributed by atoms with van der Waals surface area (Å²) in [5.74, 6) is 0.484. The first-order chi connectivity index (χ1) is 16.8. The first-order valence-electron chi connectivity index (χ1n) is 10.5. The fourth-order valence-corrected chi connectivity index (χ4v) is 4.85. The largest absolute Gasteiger partial charge is 0.481 e. The summed E-state index contributed by atoms with van der Waals surface area (Å²) < 4.78 is 12.7. The zero-order chi connectivity index (χ0) is 25.4. The van der Waals surface area contributed by atoms with E-state index < -0.39 is 6.10 Å². The Hall–Kier alpha value is -2.60. The van der Waals surface area contributed by atoms with Gasteiger partial charge in [-0.1, -0.05) is 41.0 Å². The molecular formula is C22H23Cl2N5O4S2. The molecule has 1 N–H and O–H groups in total. The van der Waals surface area contributed by atoms with E-state index in [4.69, 9.17) is 32.7 Å². The van der Waals surface area contributed by atoms with Crippen LogP contribution in [0.1, 0.15) is 31.5 Å². The molecule has 9 nitrogen and oxygen atoms in total. The van der Waals surface area contributed by atoms with Gasteiger partial charge in [0.2, 0.25) is 5.91 Å². The minimum absolute atomic E-state index is 0.0594. The summed E-state index contributed by atoms with van der Waals surface area (Å²) in [6, 6.07) is 4.97. The van der Waals surface area contributed by atoms with Crippen LogP contribution in [0.4, 0.5) is 5.13 Å². The van der Waals surface area contributed by atoms with E-state index in [-0.39, 0.29) is 24.1 Å². The summed E-state index contributed by atoms with van der Waals surface area (Å²) in [6.07, 6.45) is 1.29. The Morgan fingerprint density at radius 1 is 1.34 bits per heavy atom. The van der Waals surface area contributed by atoms with Crippen molar-refractivity contribution in [3.8, 4) is 5.75 Å². The molecule has 2 aromatic heterocycles. The monoisotopic (exact) mass is 555 g/mol. The van der Waals surface area contributed by atoms with Crippen LogP contribution >= 0.6 is 46.3 Å². The molecule has 0 aliphatic carbocycles. The Balaban J connectivity index is 1.61. The van der Waals surface area contributed by atoms with Gasteiger partial charge < -0.3 is 14.8 Å². The second kappa shape index (κ2) is 12.9. The fourth-order valence-electron chi connectivity index (χ4n) is 2.91. The number of amides is 1. The summed E-state index contributed by atoms with van der Waals surface area (Å²) in [4.78, 5) is 28.3. The molecule has 0 bridgehead atoms. The van der Waals surface area contributed by atoms with E-state index >= 15 is 0 Å². The zero-order valence-electron chi connectivity index (χ0n) is 19.0. The second-order valence-corrected chi connectivity index (χ2v) is 9.68. The Morgan fingerprint density at radius 2 is 2.14 bits per heavy atom. The number of esters is 1. The summed E-state index contributed by atoms with van der Waals surface area (Å²) in [5.41, 5.74) is 0.543. The Labute approximate surface area is 220 Å². The summed E-state index contributed by atoms with van der Waals surface area (Å²) in [5, 5.41) is 14.7. The van der Waals surface area contributed by atoms with Gasteiger partial charge in [-0.15, -0.1) is 28.1 Å². The zero-order valence-corrected chi connectivity index (χ0v) is 22.1. The third-order valence-electron chi connectivity index (χ3n) is 4.38. The highest BCUT2D eigenvalue weighted by Gasteiger charge is 2.21. The van der Waals surface area contributed by atoms with Gasteiger partial charge in [0.15, 0.2) is 22.2 Å². The number of allylic oxidation sites excluding steroid dienone is 1. The summed E-state index contributed by atoms with van der Waals surface area (Å²) in [7, 11) is 0. The summed E-state index contributed by atoms with van der Waals surface area (Å²) >= 11 is 14.6. The molecular weight excluding hydrogens is 533 g/mol. The molecule has 1 atom stereocenters. The first-order valence-corrected chi connectivity index (χ1v) is 13.1. The number of nitrogens with one attached hydrogen (secondary N) is 1. The van der Waals surface area contributed by atoms with Gasteiger partial charge in [0.05, 0.1) is 29.5 Å². The SMILES string of the molecule is C=CCn1c(SCC(=O)Nc2nc(CC(=O)OCC)cs2)nnc1C(C)Oc1ccc(Cl)cc1Cl. The highest BCUT2D eigenvalue weighted by atomic mass is 35.5. The Morgan fingerprint density at radius 3 is 2.86 bits per heavy atom. The van der Waals surface area contributed by atoms with Gasteiger partial charge in [-0.3, -0.25) is 14.2 Å². The molecule has 186 valence electrons. The highest BCUT2D eigenvalue weighted by Crippen LogP contribution is 2.32. The van der Waals surface area contributed by atoms with Crippen molar-refractivity contribution in [3.63, 3.8) is 0 Å². The second-order valence-electron chi connectivity index (χ2n) is 7.04. The van der Waals surface area contributed by atoms with E-state index in [1.165, 1.54) is 23.1 Å². The smallest absolute Gasteiger partial charge is 0.311 e. The lowest BCUT2D eigenvalue weighted by molar-refractivity contribution is -0.142. The van der Waals surface area contributed by atoms with E-state index in [9.17, 15) is 9.59 Å². The maximum absolute atomic E-state index is 12.5. The molecule has 1 unspecified atom stereocenters. The first kappa shape index (κ1) is 27.0. The minimum Gasteiger partial charge on any atom is -0.481 e. The van der Waals surface area contributed by atoms with Gasteiger partial charge in [0.25, 0.3) is 0 Å². The quantitative estimate of drug-likeness (QED) is 0.184. The molecule has 1 amide bonds. The molecule has 2 heterocycles. The van der Waals surface area contributed by atoms with E-state index in [0.717, 1.165) is 0 Å². The number of thiazole rings is 1. The number of carbonyl (C=O) groups excluding carboxylic acids is 2. The van der Waals surface area contributed by atoms with Crippen LogP contribution in [0.2, 0.25) is 10.0 Å². The normalized spacial score (nSPS) is 11.7. The van der Waals surface area contributed by atoms with Crippen molar-refractivity contribution in [2.75, 3.05) is 17.7 Å². The molecule has 0 fully saturated rings. The number of hydrogen-bond donors (Lipinski definition) is 1. The number of halogens is 2. The average Bonchev–Trinajstić information content (AvgIpc) is 3.41. The van der Waals surface area contributed by atoms with Crippen molar-refractivity contribution in [1.82, 2.24) is 19.7 Å². The number of thioether (sulfide) groups is 1. The fraction of sp³-hybridized carbons (Fsp3) is 0.318. The molecule has 0 aliphatic heterocycles. The van der Waals surface area contributed by atoms with Crippen LogP contribution in [0, 0.1) is 0 Å². The van der Waals surface area contributed by atoms with Crippen molar-refractivity contribution < 1.29 is 19.1 Å². The predicted octanol–water partition coefficient (Wildman–Crippen LogP) is 5.20. The molecule has 0 saturated heterocycles. The third-order valence-corrected chi connectivity index (χ3v) is 6.68. The van der Waals surface area contributed by atoms with Gasteiger partial charge in [0, 0.05) is 16.9 Å². The minimum atomic E-state index is -0.475. The summed E-state index contributed by atoms with van der Waals surface area (Å²) in [6.45, 7) is 8.09. The van der Waals surface area contributed by atoms with Crippen LogP contribution in [0.5, 0.6) is 5.75 Å². The van der Waals surface area contributed by atoms with E-state index in [2.05, 4.69) is 27.1 Å². The molecule has 0 spiro atoms. The predicted molar refractivity (Wildman–Crippen MR) is 138 cm³/mol. The number of carbonyl (C=O) groups is 2. The van der Waals surface area contributed by atoms with Crippen LogP contribution in [-0.4, -0.2) is 44.0 Å². The number of rotatable bonds is 12. The topological polar surface area (TPSA) is 108 Å². The molecule has 13 heteroatoms. The number of ether oxygens (including phenoxy) is 2. The Kier molecular flexibility index (Phi) is 9.96. The maximum atomic E-state index is 12.5. The van der Waals surface area contributed by atoms with Crippen molar-refractivity contribution in [3.05, 3.63) is 57.8 Å². The van der Waals surface area contributed by atoms with Gasteiger partial charge >= 0.3 is 5.97 Å². The molecule has 0 radical (unpaired) electrons. The molecule has 0 saturated carbocycles. The van der Waals surface area contributed by atoms with Crippen LogP contribution in [0.25, 0.3) is 0 Å².